The summed E-state index contributed by atoms with van der Waals surface area (Å²) in [5.41, 5.74) is 0.787. The van der Waals surface area contributed by atoms with E-state index in [2.05, 4.69) is 15.1 Å². The van der Waals surface area contributed by atoms with Gasteiger partial charge < -0.3 is 0 Å². The Balaban J connectivity index is 2.71. The summed E-state index contributed by atoms with van der Waals surface area (Å²) in [5.74, 6) is 0. The minimum Gasteiger partial charge on any atom is -0.245 e. The summed E-state index contributed by atoms with van der Waals surface area (Å²) in [7, 11) is 0. The Morgan fingerprint density at radius 3 is 2.85 bits per heavy atom. The molecule has 0 radical (unpaired) electrons. The molecule has 0 atom stereocenters. The second-order valence-corrected chi connectivity index (χ2v) is 3.44. The van der Waals surface area contributed by atoms with Gasteiger partial charge in [-0.1, -0.05) is 0 Å². The van der Waals surface area contributed by atoms with Crippen LogP contribution in [0.1, 0.15) is 19.9 Å². The molecule has 0 aromatic carbocycles. The van der Waals surface area contributed by atoms with Gasteiger partial charge in [0.15, 0.2) is 5.65 Å². The first-order valence-electron chi connectivity index (χ1n) is 4.04. The summed E-state index contributed by atoms with van der Waals surface area (Å²) in [6, 6.07) is 0.281. The van der Waals surface area contributed by atoms with Crippen LogP contribution in [0.2, 0.25) is 5.28 Å². The Kier molecular flexibility index (Phi) is 1.92. The van der Waals surface area contributed by atoms with Crippen molar-refractivity contribution in [1.29, 1.82) is 0 Å². The van der Waals surface area contributed by atoms with Crippen LogP contribution in [0, 0.1) is 0 Å². The molecule has 0 amide bonds. The molecule has 0 N–H and O–H groups in total. The number of hydrogen-bond donors (Lipinski definition) is 0. The zero-order chi connectivity index (χ0) is 9.42. The first-order valence-corrected chi connectivity index (χ1v) is 4.42. The molecule has 4 nitrogen and oxygen atoms in total. The third-order valence-electron chi connectivity index (χ3n) is 1.79. The van der Waals surface area contributed by atoms with Crippen LogP contribution < -0.4 is 0 Å². The quantitative estimate of drug-likeness (QED) is 0.656. The topological polar surface area (TPSA) is 43.6 Å². The highest BCUT2D eigenvalue weighted by atomic mass is 35.5. The maximum atomic E-state index is 5.69. The first-order chi connectivity index (χ1) is 6.18. The third kappa shape index (κ3) is 1.37. The molecular weight excluding hydrogens is 188 g/mol. The summed E-state index contributed by atoms with van der Waals surface area (Å²) in [6.07, 6.45) is 3.42. The molecule has 0 spiro atoms. The summed E-state index contributed by atoms with van der Waals surface area (Å²) < 4.78 is 1.82. The van der Waals surface area contributed by atoms with Crippen molar-refractivity contribution in [2.24, 2.45) is 0 Å². The maximum absolute atomic E-state index is 5.69. The number of aromatic nitrogens is 4. The highest BCUT2D eigenvalue weighted by Crippen LogP contribution is 2.15. The number of hydrogen-bond acceptors (Lipinski definition) is 3. The van der Waals surface area contributed by atoms with Crippen molar-refractivity contribution in [3.8, 4) is 0 Å². The lowest BCUT2D eigenvalue weighted by Gasteiger charge is -2.05. The van der Waals surface area contributed by atoms with E-state index in [-0.39, 0.29) is 11.3 Å². The van der Waals surface area contributed by atoms with Crippen molar-refractivity contribution in [3.05, 3.63) is 17.7 Å². The number of nitrogens with zero attached hydrogens (tertiary/aromatic N) is 4. The van der Waals surface area contributed by atoms with E-state index in [9.17, 15) is 0 Å². The Labute approximate surface area is 80.6 Å². The SMILES string of the molecule is CC(C)n1ncc2cnc(Cl)nc21. The van der Waals surface area contributed by atoms with Crippen LogP contribution in [0.4, 0.5) is 0 Å². The van der Waals surface area contributed by atoms with Crippen molar-refractivity contribution in [1.82, 2.24) is 19.7 Å². The molecule has 68 valence electrons. The van der Waals surface area contributed by atoms with Gasteiger partial charge in [0.2, 0.25) is 5.28 Å². The molecule has 0 aliphatic heterocycles. The van der Waals surface area contributed by atoms with Gasteiger partial charge in [-0.3, -0.25) is 0 Å². The van der Waals surface area contributed by atoms with Gasteiger partial charge in [0.05, 0.1) is 11.6 Å². The largest absolute Gasteiger partial charge is 0.245 e. The minimum absolute atomic E-state index is 0.259. The normalized spacial score (nSPS) is 11.4. The van der Waals surface area contributed by atoms with Crippen LogP contribution >= 0.6 is 11.6 Å². The lowest BCUT2D eigenvalue weighted by molar-refractivity contribution is 0.546. The average molecular weight is 197 g/mol. The van der Waals surface area contributed by atoms with E-state index in [1.807, 2.05) is 18.5 Å². The maximum Gasteiger partial charge on any atom is 0.224 e. The Morgan fingerprint density at radius 1 is 1.38 bits per heavy atom. The molecule has 0 saturated carbocycles. The van der Waals surface area contributed by atoms with Crippen molar-refractivity contribution < 1.29 is 0 Å². The predicted octanol–water partition coefficient (Wildman–Crippen LogP) is 2.06. The average Bonchev–Trinajstić information content (AvgIpc) is 2.46. The summed E-state index contributed by atoms with van der Waals surface area (Å²) in [5, 5.41) is 5.37. The van der Waals surface area contributed by atoms with Gasteiger partial charge in [-0.15, -0.1) is 0 Å². The second kappa shape index (κ2) is 2.96. The summed E-state index contributed by atoms with van der Waals surface area (Å²) in [4.78, 5) is 7.99. The monoisotopic (exact) mass is 196 g/mol. The molecule has 5 heteroatoms. The summed E-state index contributed by atoms with van der Waals surface area (Å²) >= 11 is 5.69. The van der Waals surface area contributed by atoms with Crippen LogP contribution in [0.3, 0.4) is 0 Å². The van der Waals surface area contributed by atoms with E-state index >= 15 is 0 Å². The second-order valence-electron chi connectivity index (χ2n) is 3.10. The predicted molar refractivity (Wildman–Crippen MR) is 50.7 cm³/mol. The molecule has 0 aliphatic rings. The van der Waals surface area contributed by atoms with Crippen LogP contribution in [0.15, 0.2) is 12.4 Å². The van der Waals surface area contributed by atoms with E-state index in [1.165, 1.54) is 0 Å². The zero-order valence-corrected chi connectivity index (χ0v) is 8.15. The fraction of sp³-hybridized carbons (Fsp3) is 0.375. The standard InChI is InChI=1S/C8H9ClN4/c1-5(2)13-7-6(4-11-13)3-10-8(9)12-7/h3-5H,1-2H3. The van der Waals surface area contributed by atoms with Crippen LogP contribution in [0.25, 0.3) is 11.0 Å². The molecule has 2 aromatic heterocycles. The van der Waals surface area contributed by atoms with Gasteiger partial charge >= 0.3 is 0 Å². The first kappa shape index (κ1) is 8.44. The zero-order valence-electron chi connectivity index (χ0n) is 7.40. The lowest BCUT2D eigenvalue weighted by Crippen LogP contribution is -2.03. The smallest absolute Gasteiger partial charge is 0.224 e. The van der Waals surface area contributed by atoms with Gasteiger partial charge in [-0.05, 0) is 25.4 Å². The van der Waals surface area contributed by atoms with E-state index in [4.69, 9.17) is 11.6 Å². The number of fused-ring (bicyclic) bond motifs is 1. The fourth-order valence-corrected chi connectivity index (χ4v) is 1.32. The van der Waals surface area contributed by atoms with E-state index in [0.29, 0.717) is 0 Å². The Hall–Kier alpha value is -1.16. The molecule has 0 fully saturated rings. The van der Waals surface area contributed by atoms with Crippen LogP contribution in [0.5, 0.6) is 0 Å². The highest BCUT2D eigenvalue weighted by Gasteiger charge is 2.07. The van der Waals surface area contributed by atoms with Crippen LogP contribution in [-0.4, -0.2) is 19.7 Å². The van der Waals surface area contributed by atoms with Gasteiger partial charge in [0, 0.05) is 12.2 Å². The number of halogens is 1. The molecular formula is C8H9ClN4. The molecule has 13 heavy (non-hydrogen) atoms. The molecule has 2 aromatic rings. The van der Waals surface area contributed by atoms with Crippen LogP contribution in [-0.2, 0) is 0 Å². The van der Waals surface area contributed by atoms with Gasteiger partial charge in [0.25, 0.3) is 0 Å². The molecule has 0 saturated heterocycles. The molecule has 0 aliphatic carbocycles. The summed E-state index contributed by atoms with van der Waals surface area (Å²) in [6.45, 7) is 4.09. The highest BCUT2D eigenvalue weighted by molar-refractivity contribution is 6.28. The number of rotatable bonds is 1. The molecule has 2 heterocycles. The van der Waals surface area contributed by atoms with Crippen molar-refractivity contribution in [2.75, 3.05) is 0 Å². The lowest BCUT2D eigenvalue weighted by atomic mass is 10.4. The minimum atomic E-state index is 0.259. The van der Waals surface area contributed by atoms with E-state index in [1.54, 1.807) is 12.4 Å². The van der Waals surface area contributed by atoms with Gasteiger partial charge in [0.1, 0.15) is 0 Å². The Morgan fingerprint density at radius 2 is 2.15 bits per heavy atom. The van der Waals surface area contributed by atoms with Crippen molar-refractivity contribution >= 4 is 22.6 Å². The molecule has 2 rings (SSSR count). The van der Waals surface area contributed by atoms with Crippen molar-refractivity contribution in [3.63, 3.8) is 0 Å². The van der Waals surface area contributed by atoms with Gasteiger partial charge in [-0.2, -0.15) is 10.1 Å². The Bertz CT molecular complexity index is 435. The van der Waals surface area contributed by atoms with E-state index in [0.717, 1.165) is 11.0 Å². The van der Waals surface area contributed by atoms with Crippen molar-refractivity contribution in [2.45, 2.75) is 19.9 Å². The fourth-order valence-electron chi connectivity index (χ4n) is 1.19. The van der Waals surface area contributed by atoms with Gasteiger partial charge in [-0.25, -0.2) is 9.67 Å². The van der Waals surface area contributed by atoms with E-state index < -0.39 is 0 Å². The third-order valence-corrected chi connectivity index (χ3v) is 1.98. The molecule has 0 unspecified atom stereocenters. The molecule has 0 bridgehead atoms.